The van der Waals surface area contributed by atoms with Crippen molar-refractivity contribution >= 4 is 39.2 Å². The number of hydrogen-bond donors (Lipinski definition) is 1. The Morgan fingerprint density at radius 2 is 1.79 bits per heavy atom. The maximum absolute atomic E-state index is 10.6. The number of carbonyl (C=O) groups is 1. The van der Waals surface area contributed by atoms with Gasteiger partial charge in [0.05, 0.1) is 0 Å². The highest BCUT2D eigenvalue weighted by molar-refractivity contribution is 9.10. The molecular weight excluding hydrogens is 448 g/mol. The summed E-state index contributed by atoms with van der Waals surface area (Å²) in [5.41, 5.74) is 4.89. The van der Waals surface area contributed by atoms with Crippen molar-refractivity contribution in [3.05, 3.63) is 100 Å². The lowest BCUT2D eigenvalue weighted by Crippen LogP contribution is -2.09. The maximum atomic E-state index is 10.6. The zero-order valence-electron chi connectivity index (χ0n) is 16.0. The van der Waals surface area contributed by atoms with Crippen molar-refractivity contribution in [3.8, 4) is 5.75 Å². The number of carboxylic acids is 1. The number of carboxylic acid groups (broad SMARTS) is 1. The van der Waals surface area contributed by atoms with E-state index in [1.165, 1.54) is 22.3 Å². The van der Waals surface area contributed by atoms with Gasteiger partial charge in [-0.3, -0.25) is 0 Å². The van der Waals surface area contributed by atoms with Crippen molar-refractivity contribution in [2.75, 3.05) is 12.4 Å². The molecule has 0 aromatic heterocycles. The van der Waals surface area contributed by atoms with E-state index in [1.807, 2.05) is 12.1 Å². The number of thioether (sulfide) groups is 1. The van der Waals surface area contributed by atoms with Crippen LogP contribution in [-0.4, -0.2) is 23.4 Å². The molecule has 0 amide bonds. The molecule has 0 aliphatic rings. The zero-order valence-corrected chi connectivity index (χ0v) is 18.4. The number of aliphatic carboxylic acids is 1. The second-order valence-electron chi connectivity index (χ2n) is 6.38. The molecule has 0 heterocycles. The van der Waals surface area contributed by atoms with Crippen LogP contribution in [0.1, 0.15) is 16.7 Å². The Morgan fingerprint density at radius 1 is 1.07 bits per heavy atom. The molecule has 0 unspecified atom stereocenters. The molecule has 0 aliphatic heterocycles. The molecule has 3 aromatic carbocycles. The molecule has 0 saturated heterocycles. The molecule has 0 aliphatic carbocycles. The Kier molecular flexibility index (Phi) is 7.55. The van der Waals surface area contributed by atoms with Crippen molar-refractivity contribution in [1.29, 1.82) is 0 Å². The minimum atomic E-state index is -0.991. The summed E-state index contributed by atoms with van der Waals surface area (Å²) in [4.78, 5) is 11.7. The third kappa shape index (κ3) is 5.99. The summed E-state index contributed by atoms with van der Waals surface area (Å²) in [6, 6.07) is 24.3. The van der Waals surface area contributed by atoms with Crippen LogP contribution in [0, 0.1) is 6.92 Å². The number of ether oxygens (including phenoxy) is 1. The van der Waals surface area contributed by atoms with Gasteiger partial charge in [0.2, 0.25) is 0 Å². The normalized spacial score (nSPS) is 11.3. The number of halogens is 1. The molecule has 3 nitrogen and oxygen atoms in total. The quantitative estimate of drug-likeness (QED) is 0.386. The summed E-state index contributed by atoms with van der Waals surface area (Å²) in [6.07, 6.45) is 2.25. The molecule has 0 saturated carbocycles. The van der Waals surface area contributed by atoms with Crippen LogP contribution in [0.4, 0.5) is 0 Å². The predicted octanol–water partition coefficient (Wildman–Crippen LogP) is 6.44. The van der Waals surface area contributed by atoms with Gasteiger partial charge in [0, 0.05) is 15.1 Å². The molecule has 29 heavy (non-hydrogen) atoms. The summed E-state index contributed by atoms with van der Waals surface area (Å²) in [5, 5.41) is 8.73. The number of hydrogen-bond acceptors (Lipinski definition) is 3. The third-order valence-corrected chi connectivity index (χ3v) is 6.23. The summed E-state index contributed by atoms with van der Waals surface area (Å²) in [7, 11) is 0. The lowest BCUT2D eigenvalue weighted by atomic mass is 9.94. The molecular formula is C24H21BrO3S. The van der Waals surface area contributed by atoms with Crippen molar-refractivity contribution in [1.82, 2.24) is 0 Å². The molecule has 148 valence electrons. The van der Waals surface area contributed by atoms with Crippen molar-refractivity contribution in [2.45, 2.75) is 11.8 Å². The van der Waals surface area contributed by atoms with E-state index in [2.05, 4.69) is 77.5 Å². The van der Waals surface area contributed by atoms with Crippen LogP contribution < -0.4 is 4.74 Å². The van der Waals surface area contributed by atoms with Crippen LogP contribution in [0.3, 0.4) is 0 Å². The molecule has 0 bridgehead atoms. The Hall–Kier alpha value is -2.50. The first-order valence-electron chi connectivity index (χ1n) is 9.13. The van der Waals surface area contributed by atoms with Crippen LogP contribution in [0.25, 0.3) is 5.57 Å². The fourth-order valence-electron chi connectivity index (χ4n) is 2.92. The number of aryl methyl sites for hydroxylation is 1. The lowest BCUT2D eigenvalue weighted by molar-refractivity contribution is -0.139. The molecule has 3 aromatic rings. The van der Waals surface area contributed by atoms with Crippen LogP contribution in [-0.2, 0) is 4.79 Å². The highest BCUT2D eigenvalue weighted by atomic mass is 79.9. The monoisotopic (exact) mass is 468 g/mol. The molecule has 3 rings (SSSR count). The first-order chi connectivity index (χ1) is 14.0. The lowest BCUT2D eigenvalue weighted by Gasteiger charge is -2.12. The van der Waals surface area contributed by atoms with Crippen molar-refractivity contribution < 1.29 is 14.6 Å². The molecule has 1 N–H and O–H groups in total. The minimum absolute atomic E-state index is 0.349. The molecule has 0 atom stereocenters. The van der Waals surface area contributed by atoms with E-state index in [1.54, 1.807) is 23.9 Å². The fourth-order valence-corrected chi connectivity index (χ4v) is 4.42. The Morgan fingerprint density at radius 3 is 2.48 bits per heavy atom. The fraction of sp³-hybridized carbons (Fsp3) is 0.125. The van der Waals surface area contributed by atoms with Crippen molar-refractivity contribution in [2.24, 2.45) is 0 Å². The van der Waals surface area contributed by atoms with E-state index in [0.717, 1.165) is 15.1 Å². The van der Waals surface area contributed by atoms with Crippen LogP contribution in [0.5, 0.6) is 5.75 Å². The summed E-state index contributed by atoms with van der Waals surface area (Å²) >= 11 is 5.26. The van der Waals surface area contributed by atoms with E-state index < -0.39 is 5.97 Å². The maximum Gasteiger partial charge on any atom is 0.341 e. The highest BCUT2D eigenvalue weighted by Crippen LogP contribution is 2.33. The second kappa shape index (κ2) is 10.3. The van der Waals surface area contributed by atoms with Gasteiger partial charge in [0.15, 0.2) is 6.61 Å². The van der Waals surface area contributed by atoms with Gasteiger partial charge in [-0.1, -0.05) is 60.7 Å². The predicted molar refractivity (Wildman–Crippen MR) is 123 cm³/mol. The first-order valence-corrected chi connectivity index (χ1v) is 10.9. The van der Waals surface area contributed by atoms with Gasteiger partial charge >= 0.3 is 5.97 Å². The first kappa shape index (κ1) is 21.2. The topological polar surface area (TPSA) is 46.5 Å². The van der Waals surface area contributed by atoms with Gasteiger partial charge in [-0.2, -0.15) is 0 Å². The van der Waals surface area contributed by atoms with Crippen LogP contribution in [0.2, 0.25) is 0 Å². The van der Waals surface area contributed by atoms with Gasteiger partial charge in [-0.25, -0.2) is 4.79 Å². The molecule has 0 radical (unpaired) electrons. The van der Waals surface area contributed by atoms with Gasteiger partial charge in [-0.15, -0.1) is 11.8 Å². The van der Waals surface area contributed by atoms with Gasteiger partial charge < -0.3 is 9.84 Å². The second-order valence-corrected chi connectivity index (χ2v) is 8.30. The van der Waals surface area contributed by atoms with Crippen LogP contribution in [0.15, 0.2) is 88.2 Å². The minimum Gasteiger partial charge on any atom is -0.482 e. The third-order valence-electron chi connectivity index (χ3n) is 4.31. The molecule has 0 spiro atoms. The average Bonchev–Trinajstić information content (AvgIpc) is 2.72. The highest BCUT2D eigenvalue weighted by Gasteiger charge is 2.08. The summed E-state index contributed by atoms with van der Waals surface area (Å²) in [5.74, 6) is 0.338. The Labute approximate surface area is 183 Å². The Bertz CT molecular complexity index is 1020. The van der Waals surface area contributed by atoms with Gasteiger partial charge in [-0.05, 0) is 63.3 Å². The number of rotatable bonds is 8. The average molecular weight is 469 g/mol. The van der Waals surface area contributed by atoms with Crippen LogP contribution >= 0.6 is 27.7 Å². The van der Waals surface area contributed by atoms with Gasteiger partial charge in [0.25, 0.3) is 0 Å². The summed E-state index contributed by atoms with van der Waals surface area (Å²) in [6.45, 7) is 1.78. The van der Waals surface area contributed by atoms with E-state index in [4.69, 9.17) is 9.84 Å². The summed E-state index contributed by atoms with van der Waals surface area (Å²) < 4.78 is 6.11. The standard InChI is InChI=1S/C24H21BrO3S/c1-17-7-5-6-10-20(17)21(18-8-3-2-4-9-18)13-14-29-23-12-11-19(15-22(23)25)28-16-24(26)27/h2-13,15H,14,16H2,1H3,(H,26,27). The van der Waals surface area contributed by atoms with E-state index in [0.29, 0.717) is 5.75 Å². The zero-order chi connectivity index (χ0) is 20.6. The Balaban J connectivity index is 1.78. The van der Waals surface area contributed by atoms with Gasteiger partial charge in [0.1, 0.15) is 5.75 Å². The van der Waals surface area contributed by atoms with E-state index in [9.17, 15) is 4.79 Å². The van der Waals surface area contributed by atoms with Crippen molar-refractivity contribution in [3.63, 3.8) is 0 Å². The SMILES string of the molecule is Cc1ccccc1C(=CCSc1ccc(OCC(=O)O)cc1Br)c1ccccc1. The number of benzene rings is 3. The smallest absolute Gasteiger partial charge is 0.341 e. The van der Waals surface area contributed by atoms with E-state index in [-0.39, 0.29) is 6.61 Å². The van der Waals surface area contributed by atoms with E-state index >= 15 is 0 Å². The molecule has 0 fully saturated rings. The largest absolute Gasteiger partial charge is 0.482 e. The molecule has 5 heteroatoms.